The zero-order chi connectivity index (χ0) is 14.5. The van der Waals surface area contributed by atoms with Crippen LogP contribution in [0.1, 0.15) is 10.4 Å². The number of amides is 1. The Hall–Kier alpha value is -2.25. The number of benzene rings is 1. The molecule has 20 heavy (non-hydrogen) atoms. The fourth-order valence-electron chi connectivity index (χ4n) is 1.56. The van der Waals surface area contributed by atoms with Gasteiger partial charge in [-0.15, -0.1) is 11.3 Å². The normalized spacial score (nSPS) is 10.1. The van der Waals surface area contributed by atoms with Gasteiger partial charge in [-0.05, 0) is 12.1 Å². The van der Waals surface area contributed by atoms with E-state index >= 15 is 0 Å². The van der Waals surface area contributed by atoms with E-state index in [-0.39, 0.29) is 12.5 Å². The molecule has 104 valence electrons. The number of hydrogen-bond acceptors (Lipinski definition) is 6. The fourth-order valence-corrected chi connectivity index (χ4v) is 2.29. The van der Waals surface area contributed by atoms with Crippen molar-refractivity contribution in [3.05, 3.63) is 35.2 Å². The Kier molecular flexibility index (Phi) is 4.44. The minimum atomic E-state index is -0.404. The molecule has 0 saturated carbocycles. The van der Waals surface area contributed by atoms with Crippen LogP contribution >= 0.6 is 11.3 Å². The number of aromatic nitrogens is 1. The third-order valence-electron chi connectivity index (χ3n) is 2.52. The van der Waals surface area contributed by atoms with Crippen molar-refractivity contribution in [3.8, 4) is 11.3 Å². The maximum atomic E-state index is 11.5. The molecule has 0 unspecified atom stereocenters. The molecule has 0 aliphatic heterocycles. The van der Waals surface area contributed by atoms with Crippen molar-refractivity contribution in [1.82, 2.24) is 4.98 Å². The second-order valence-electron chi connectivity index (χ2n) is 3.86. The highest BCUT2D eigenvalue weighted by molar-refractivity contribution is 7.14. The number of hydrogen-bond donors (Lipinski definition) is 2. The van der Waals surface area contributed by atoms with Crippen molar-refractivity contribution in [2.75, 3.05) is 19.0 Å². The molecule has 2 rings (SSSR count). The quantitative estimate of drug-likeness (QED) is 0.832. The zero-order valence-corrected chi connectivity index (χ0v) is 11.6. The number of carbonyl (C=O) groups is 2. The lowest BCUT2D eigenvalue weighted by Crippen LogP contribution is -2.21. The molecule has 1 amide bonds. The highest BCUT2D eigenvalue weighted by atomic mass is 32.1. The van der Waals surface area contributed by atoms with Crippen LogP contribution in [-0.2, 0) is 9.53 Å². The lowest BCUT2D eigenvalue weighted by atomic mass is 10.1. The molecule has 0 fully saturated rings. The summed E-state index contributed by atoms with van der Waals surface area (Å²) in [6, 6.07) is 6.93. The van der Waals surface area contributed by atoms with Gasteiger partial charge in [0.15, 0.2) is 5.13 Å². The first-order valence-corrected chi connectivity index (χ1v) is 6.66. The Balaban J connectivity index is 2.24. The fraction of sp³-hybridized carbons (Fsp3) is 0.154. The van der Waals surface area contributed by atoms with Crippen LogP contribution in [0.4, 0.5) is 5.13 Å². The van der Waals surface area contributed by atoms with Gasteiger partial charge in [0, 0.05) is 10.9 Å². The number of carbonyl (C=O) groups excluding carboxylic acids is 2. The maximum absolute atomic E-state index is 11.5. The Labute approximate surface area is 119 Å². The van der Waals surface area contributed by atoms with Gasteiger partial charge in [-0.3, -0.25) is 4.79 Å². The molecular weight excluding hydrogens is 278 g/mol. The van der Waals surface area contributed by atoms with Gasteiger partial charge in [0.1, 0.15) is 0 Å². The molecule has 1 heterocycles. The molecule has 1 aromatic carbocycles. The summed E-state index contributed by atoms with van der Waals surface area (Å²) in [5, 5.41) is 4.85. The van der Waals surface area contributed by atoms with Crippen LogP contribution in [0.5, 0.6) is 0 Å². The molecule has 0 bridgehead atoms. The summed E-state index contributed by atoms with van der Waals surface area (Å²) in [5.41, 5.74) is 7.12. The Morgan fingerprint density at radius 2 is 2.25 bits per heavy atom. The number of methoxy groups -OCH3 is 1. The molecule has 2 aromatic rings. The van der Waals surface area contributed by atoms with Gasteiger partial charge < -0.3 is 15.8 Å². The second-order valence-corrected chi connectivity index (χ2v) is 4.72. The number of esters is 1. The smallest absolute Gasteiger partial charge is 0.337 e. The van der Waals surface area contributed by atoms with Crippen LogP contribution in [-0.4, -0.2) is 30.5 Å². The summed E-state index contributed by atoms with van der Waals surface area (Å²) in [7, 11) is 1.33. The van der Waals surface area contributed by atoms with Crippen molar-refractivity contribution >= 4 is 28.3 Å². The monoisotopic (exact) mass is 291 g/mol. The summed E-state index contributed by atoms with van der Waals surface area (Å²) in [4.78, 5) is 26.9. The van der Waals surface area contributed by atoms with E-state index < -0.39 is 5.97 Å². The molecule has 0 atom stereocenters. The van der Waals surface area contributed by atoms with E-state index in [1.807, 2.05) is 6.07 Å². The van der Waals surface area contributed by atoms with Gasteiger partial charge in [0.2, 0.25) is 5.91 Å². The first kappa shape index (κ1) is 14.2. The van der Waals surface area contributed by atoms with Crippen LogP contribution in [0, 0.1) is 0 Å². The summed E-state index contributed by atoms with van der Waals surface area (Å²) in [6.07, 6.45) is 0. The predicted octanol–water partition coefficient (Wildman–Crippen LogP) is 1.49. The lowest BCUT2D eigenvalue weighted by Gasteiger charge is -2.01. The minimum Gasteiger partial charge on any atom is -0.465 e. The average molecular weight is 291 g/mol. The van der Waals surface area contributed by atoms with E-state index in [0.717, 1.165) is 5.56 Å². The predicted molar refractivity (Wildman–Crippen MR) is 76.6 cm³/mol. The van der Waals surface area contributed by atoms with Gasteiger partial charge in [0.25, 0.3) is 0 Å². The van der Waals surface area contributed by atoms with Gasteiger partial charge in [0.05, 0.1) is 24.9 Å². The van der Waals surface area contributed by atoms with Crippen molar-refractivity contribution in [2.24, 2.45) is 5.73 Å². The largest absolute Gasteiger partial charge is 0.465 e. The number of thiazole rings is 1. The third-order valence-corrected chi connectivity index (χ3v) is 3.27. The lowest BCUT2D eigenvalue weighted by molar-refractivity contribution is -0.114. The van der Waals surface area contributed by atoms with E-state index in [1.54, 1.807) is 23.6 Å². The number of anilines is 1. The van der Waals surface area contributed by atoms with E-state index in [4.69, 9.17) is 5.73 Å². The highest BCUT2D eigenvalue weighted by Crippen LogP contribution is 2.25. The summed E-state index contributed by atoms with van der Waals surface area (Å²) >= 11 is 1.29. The topological polar surface area (TPSA) is 94.3 Å². The molecule has 0 saturated heterocycles. The van der Waals surface area contributed by atoms with Crippen LogP contribution in [0.25, 0.3) is 11.3 Å². The molecule has 0 spiro atoms. The zero-order valence-electron chi connectivity index (χ0n) is 10.8. The van der Waals surface area contributed by atoms with Gasteiger partial charge >= 0.3 is 5.97 Å². The Bertz CT molecular complexity index is 639. The maximum Gasteiger partial charge on any atom is 0.337 e. The molecule has 6 nitrogen and oxygen atoms in total. The third kappa shape index (κ3) is 3.19. The molecule has 0 aliphatic carbocycles. The molecule has 0 radical (unpaired) electrons. The summed E-state index contributed by atoms with van der Waals surface area (Å²) in [5.74, 6) is -0.701. The SMILES string of the molecule is COC(=O)c1cccc(-c2csc(NC(=O)CN)n2)c1. The summed E-state index contributed by atoms with van der Waals surface area (Å²) < 4.78 is 4.67. The molecule has 1 aromatic heterocycles. The number of ether oxygens (including phenoxy) is 1. The van der Waals surface area contributed by atoms with Crippen molar-refractivity contribution in [2.45, 2.75) is 0 Å². The van der Waals surface area contributed by atoms with Crippen LogP contribution in [0.15, 0.2) is 29.6 Å². The first-order valence-electron chi connectivity index (χ1n) is 5.78. The first-order chi connectivity index (χ1) is 9.63. The van der Waals surface area contributed by atoms with Crippen molar-refractivity contribution in [3.63, 3.8) is 0 Å². The van der Waals surface area contributed by atoms with E-state index in [9.17, 15) is 9.59 Å². The van der Waals surface area contributed by atoms with Crippen LogP contribution in [0.3, 0.4) is 0 Å². The van der Waals surface area contributed by atoms with Gasteiger partial charge in [-0.2, -0.15) is 0 Å². The minimum absolute atomic E-state index is 0.0905. The van der Waals surface area contributed by atoms with Gasteiger partial charge in [-0.1, -0.05) is 12.1 Å². The van der Waals surface area contributed by atoms with E-state index in [2.05, 4.69) is 15.0 Å². The molecule has 0 aliphatic rings. The van der Waals surface area contributed by atoms with E-state index in [0.29, 0.717) is 16.4 Å². The van der Waals surface area contributed by atoms with Crippen molar-refractivity contribution < 1.29 is 14.3 Å². The second kappa shape index (κ2) is 6.27. The Morgan fingerprint density at radius 3 is 2.95 bits per heavy atom. The highest BCUT2D eigenvalue weighted by Gasteiger charge is 2.10. The van der Waals surface area contributed by atoms with Crippen molar-refractivity contribution in [1.29, 1.82) is 0 Å². The molecule has 3 N–H and O–H groups in total. The number of nitrogens with one attached hydrogen (secondary N) is 1. The number of rotatable bonds is 4. The Morgan fingerprint density at radius 1 is 1.45 bits per heavy atom. The van der Waals surface area contributed by atoms with E-state index in [1.165, 1.54) is 18.4 Å². The number of nitrogens with two attached hydrogens (primary N) is 1. The summed E-state index contributed by atoms with van der Waals surface area (Å²) in [6.45, 7) is -0.0905. The molecule has 7 heteroatoms. The van der Waals surface area contributed by atoms with Gasteiger partial charge in [-0.25, -0.2) is 9.78 Å². The molecular formula is C13H13N3O3S. The van der Waals surface area contributed by atoms with Crippen LogP contribution < -0.4 is 11.1 Å². The van der Waals surface area contributed by atoms with Crippen LogP contribution in [0.2, 0.25) is 0 Å². The standard InChI is InChI=1S/C13H13N3O3S/c1-19-12(18)9-4-2-3-8(5-9)10-7-20-13(15-10)16-11(17)6-14/h2-5,7H,6,14H2,1H3,(H,15,16,17). The number of nitrogens with zero attached hydrogens (tertiary/aromatic N) is 1. The average Bonchev–Trinajstić information content (AvgIpc) is 2.94.